The molecule has 0 atom stereocenters. The van der Waals surface area contributed by atoms with Gasteiger partial charge < -0.3 is 4.90 Å². The van der Waals surface area contributed by atoms with Gasteiger partial charge in [0.05, 0.1) is 0 Å². The van der Waals surface area contributed by atoms with Crippen molar-refractivity contribution in [1.82, 2.24) is 15.0 Å². The van der Waals surface area contributed by atoms with Gasteiger partial charge in [0.15, 0.2) is 0 Å². The third kappa shape index (κ3) is 3.09. The van der Waals surface area contributed by atoms with Crippen molar-refractivity contribution in [3.05, 3.63) is 10.6 Å². The summed E-state index contributed by atoms with van der Waals surface area (Å²) in [4.78, 5) is 14.4. The minimum Gasteiger partial charge on any atom is -0.330 e. The summed E-state index contributed by atoms with van der Waals surface area (Å²) in [5, 5.41) is 0.596. The molecule has 4 nitrogen and oxygen atoms in total. The van der Waals surface area contributed by atoms with Crippen molar-refractivity contribution in [3.63, 3.8) is 0 Å². The van der Waals surface area contributed by atoms with E-state index in [1.54, 1.807) is 0 Å². The lowest BCUT2D eigenvalue weighted by atomic mass is 9.80. The quantitative estimate of drug-likeness (QED) is 0.802. The summed E-state index contributed by atoms with van der Waals surface area (Å²) >= 11 is 16.4. The molecule has 0 radical (unpaired) electrons. The van der Waals surface area contributed by atoms with E-state index in [4.69, 9.17) is 23.2 Å². The molecule has 1 saturated heterocycles. The highest BCUT2D eigenvalue weighted by atomic mass is 35.5. The Morgan fingerprint density at radius 1 is 1.00 bits per heavy atom. The first-order valence-electron chi connectivity index (χ1n) is 6.17. The third-order valence-corrected chi connectivity index (χ3v) is 4.15. The summed E-state index contributed by atoms with van der Waals surface area (Å²) in [5.41, 5.74) is -0.246. The third-order valence-electron chi connectivity index (χ3n) is 3.45. The number of hydrogen-bond donors (Lipinski definition) is 1. The molecular formula is C12H18Cl2N4S. The number of rotatable bonds is 1. The largest absolute Gasteiger partial charge is 0.330 e. The van der Waals surface area contributed by atoms with Crippen LogP contribution in [-0.4, -0.2) is 31.3 Å². The van der Waals surface area contributed by atoms with Crippen LogP contribution >= 0.6 is 35.8 Å². The van der Waals surface area contributed by atoms with E-state index in [1.165, 1.54) is 0 Å². The van der Waals surface area contributed by atoms with Gasteiger partial charge in [-0.2, -0.15) is 27.6 Å². The average Bonchev–Trinajstić information content (AvgIpc) is 2.09. The molecule has 7 heteroatoms. The van der Waals surface area contributed by atoms with Gasteiger partial charge in [-0.15, -0.1) is 0 Å². The van der Waals surface area contributed by atoms with Crippen LogP contribution in [0.3, 0.4) is 0 Å². The van der Waals surface area contributed by atoms with Crippen molar-refractivity contribution in [1.29, 1.82) is 0 Å². The van der Waals surface area contributed by atoms with Crippen LogP contribution in [0.25, 0.3) is 0 Å². The normalized spacial score (nSPS) is 22.6. The number of piperidine rings is 1. The first-order valence-corrected chi connectivity index (χ1v) is 7.44. The second-order valence-electron chi connectivity index (χ2n) is 6.20. The Kier molecular flexibility index (Phi) is 3.93. The Morgan fingerprint density at radius 2 is 1.42 bits per heavy atom. The molecule has 1 fully saturated rings. The van der Waals surface area contributed by atoms with Crippen LogP contribution in [0.1, 0.15) is 40.5 Å². The van der Waals surface area contributed by atoms with Crippen molar-refractivity contribution >= 4 is 41.8 Å². The standard InChI is InChI=1S/C12H18Cl2N4S/c1-11(2)5-7(19)6-12(3,4)18(11)10-16-8(13)15-9(14)17-10/h7,19H,5-6H2,1-4H3. The van der Waals surface area contributed by atoms with Crippen LogP contribution in [0, 0.1) is 0 Å². The number of nitrogens with zero attached hydrogens (tertiary/aromatic N) is 4. The second kappa shape index (κ2) is 4.93. The molecule has 1 aliphatic heterocycles. The molecule has 0 bridgehead atoms. The minimum absolute atomic E-state index is 0.120. The second-order valence-corrected chi connectivity index (χ2v) is 7.60. The zero-order valence-corrected chi connectivity index (χ0v) is 13.9. The van der Waals surface area contributed by atoms with Gasteiger partial charge in [-0.1, -0.05) is 0 Å². The van der Waals surface area contributed by atoms with Crippen LogP contribution in [0.4, 0.5) is 5.95 Å². The highest BCUT2D eigenvalue weighted by Crippen LogP contribution is 2.42. The summed E-state index contributed by atoms with van der Waals surface area (Å²) in [5.74, 6) is 0.528. The lowest BCUT2D eigenvalue weighted by Crippen LogP contribution is -2.62. The Labute approximate surface area is 129 Å². The van der Waals surface area contributed by atoms with E-state index >= 15 is 0 Å². The van der Waals surface area contributed by atoms with Gasteiger partial charge >= 0.3 is 0 Å². The topological polar surface area (TPSA) is 41.9 Å². The first kappa shape index (κ1) is 15.1. The number of aromatic nitrogens is 3. The van der Waals surface area contributed by atoms with Gasteiger partial charge in [0, 0.05) is 16.3 Å². The fourth-order valence-electron chi connectivity index (χ4n) is 3.18. The van der Waals surface area contributed by atoms with Gasteiger partial charge in [-0.3, -0.25) is 0 Å². The summed E-state index contributed by atoms with van der Waals surface area (Å²) in [6.07, 6.45) is 1.89. The summed E-state index contributed by atoms with van der Waals surface area (Å²) in [6.45, 7) is 8.62. The van der Waals surface area contributed by atoms with E-state index < -0.39 is 0 Å². The van der Waals surface area contributed by atoms with E-state index in [2.05, 4.69) is 60.2 Å². The van der Waals surface area contributed by atoms with Gasteiger partial charge in [0.25, 0.3) is 0 Å². The number of thiol groups is 1. The maximum atomic E-state index is 5.90. The first-order chi connectivity index (χ1) is 8.62. The highest BCUT2D eigenvalue weighted by molar-refractivity contribution is 7.80. The molecule has 2 heterocycles. The van der Waals surface area contributed by atoms with Crippen molar-refractivity contribution in [2.24, 2.45) is 0 Å². The molecular weight excluding hydrogens is 303 g/mol. The minimum atomic E-state index is -0.123. The lowest BCUT2D eigenvalue weighted by Gasteiger charge is -2.54. The van der Waals surface area contributed by atoms with E-state index in [1.807, 2.05) is 0 Å². The Morgan fingerprint density at radius 3 is 1.84 bits per heavy atom. The van der Waals surface area contributed by atoms with Crippen LogP contribution in [0.15, 0.2) is 0 Å². The summed E-state index contributed by atoms with van der Waals surface area (Å²) in [7, 11) is 0. The fourth-order valence-corrected chi connectivity index (χ4v) is 4.43. The highest BCUT2D eigenvalue weighted by Gasteiger charge is 2.46. The smallest absolute Gasteiger partial charge is 0.231 e. The fraction of sp³-hybridized carbons (Fsp3) is 0.750. The Bertz CT molecular complexity index is 454. The van der Waals surface area contributed by atoms with Gasteiger partial charge in [0.2, 0.25) is 16.5 Å². The molecule has 0 N–H and O–H groups in total. The van der Waals surface area contributed by atoms with E-state index in [9.17, 15) is 0 Å². The molecule has 0 spiro atoms. The molecule has 1 aromatic heterocycles. The number of hydrogen-bond acceptors (Lipinski definition) is 5. The molecule has 0 amide bonds. The van der Waals surface area contributed by atoms with Crippen LogP contribution in [0.2, 0.25) is 10.6 Å². The van der Waals surface area contributed by atoms with Gasteiger partial charge in [-0.05, 0) is 63.7 Å². The monoisotopic (exact) mass is 320 g/mol. The van der Waals surface area contributed by atoms with Gasteiger partial charge in [0.1, 0.15) is 0 Å². The molecule has 0 aromatic carbocycles. The average molecular weight is 321 g/mol. The van der Waals surface area contributed by atoms with Crippen LogP contribution in [0.5, 0.6) is 0 Å². The molecule has 1 aliphatic rings. The molecule has 0 aliphatic carbocycles. The molecule has 106 valence electrons. The number of halogens is 2. The van der Waals surface area contributed by atoms with Crippen molar-refractivity contribution in [2.45, 2.75) is 56.9 Å². The summed E-state index contributed by atoms with van der Waals surface area (Å²) in [6, 6.07) is 0. The van der Waals surface area contributed by atoms with E-state index in [0.717, 1.165) is 12.8 Å². The SMILES string of the molecule is CC1(C)CC(S)CC(C)(C)N1c1nc(Cl)nc(Cl)n1. The molecule has 1 aromatic rings. The van der Waals surface area contributed by atoms with Gasteiger partial charge in [-0.25, -0.2) is 0 Å². The van der Waals surface area contributed by atoms with Crippen molar-refractivity contribution < 1.29 is 0 Å². The van der Waals surface area contributed by atoms with Crippen molar-refractivity contribution in [2.75, 3.05) is 4.90 Å². The number of anilines is 1. The van der Waals surface area contributed by atoms with E-state index in [-0.39, 0.29) is 21.6 Å². The molecule has 0 unspecified atom stereocenters. The predicted molar refractivity (Wildman–Crippen MR) is 82.5 cm³/mol. The Balaban J connectivity index is 2.50. The van der Waals surface area contributed by atoms with Crippen LogP contribution in [-0.2, 0) is 0 Å². The zero-order valence-electron chi connectivity index (χ0n) is 11.5. The Hall–Kier alpha value is -0.260. The summed E-state index contributed by atoms with van der Waals surface area (Å²) < 4.78 is 0. The maximum Gasteiger partial charge on any atom is 0.231 e. The lowest BCUT2D eigenvalue weighted by molar-refractivity contribution is 0.246. The predicted octanol–water partition coefficient (Wildman–Crippen LogP) is 3.63. The van der Waals surface area contributed by atoms with Crippen molar-refractivity contribution in [3.8, 4) is 0 Å². The molecule has 2 rings (SSSR count). The maximum absolute atomic E-state index is 5.90. The zero-order chi connectivity index (χ0) is 14.4. The van der Waals surface area contributed by atoms with Crippen LogP contribution < -0.4 is 4.90 Å². The molecule has 19 heavy (non-hydrogen) atoms. The molecule has 0 saturated carbocycles. The van der Waals surface area contributed by atoms with E-state index in [0.29, 0.717) is 11.2 Å².